The molecule has 0 radical (unpaired) electrons. The summed E-state index contributed by atoms with van der Waals surface area (Å²) in [4.78, 5) is 12.1. The van der Waals surface area contributed by atoms with Gasteiger partial charge < -0.3 is 19.3 Å². The van der Waals surface area contributed by atoms with Gasteiger partial charge in [-0.15, -0.1) is 0 Å². The van der Waals surface area contributed by atoms with Crippen LogP contribution in [0.2, 0.25) is 0 Å². The maximum absolute atomic E-state index is 12.1. The van der Waals surface area contributed by atoms with Gasteiger partial charge in [0.1, 0.15) is 5.75 Å². The van der Waals surface area contributed by atoms with Crippen LogP contribution in [-0.4, -0.2) is 32.2 Å². The summed E-state index contributed by atoms with van der Waals surface area (Å²) in [5.74, 6) is 1.35. The first-order valence-corrected chi connectivity index (χ1v) is 6.90. The minimum absolute atomic E-state index is 0.0528. The summed E-state index contributed by atoms with van der Waals surface area (Å²) in [5.41, 5.74) is 1.14. The number of hydrogen-bond donors (Lipinski definition) is 1. The molecule has 0 bridgehead atoms. The lowest BCUT2D eigenvalue weighted by molar-refractivity contribution is 0.104. The van der Waals surface area contributed by atoms with Gasteiger partial charge in [0.05, 0.1) is 21.3 Å². The second-order valence-corrected chi connectivity index (χ2v) is 4.71. The molecule has 0 aliphatic rings. The summed E-state index contributed by atoms with van der Waals surface area (Å²) in [6.45, 7) is 0. The maximum atomic E-state index is 12.1. The Balaban J connectivity index is 2.30. The smallest absolute Gasteiger partial charge is 0.203 e. The van der Waals surface area contributed by atoms with Crippen LogP contribution in [0.3, 0.4) is 0 Å². The van der Waals surface area contributed by atoms with Crippen molar-refractivity contribution in [2.75, 3.05) is 21.3 Å². The zero-order chi connectivity index (χ0) is 16.8. The van der Waals surface area contributed by atoms with Gasteiger partial charge in [-0.25, -0.2) is 0 Å². The number of ketones is 1. The van der Waals surface area contributed by atoms with Gasteiger partial charge in [-0.2, -0.15) is 0 Å². The standard InChI is InChI=1S/C18H18O5/c1-21-16-9-12(10-17(22-2)18(16)23-3)7-8-15(20)13-5-4-6-14(19)11-13/h4-11,19H,1-3H3/b8-7+. The summed E-state index contributed by atoms with van der Waals surface area (Å²) in [6, 6.07) is 9.68. The van der Waals surface area contributed by atoms with Crippen molar-refractivity contribution in [2.45, 2.75) is 0 Å². The van der Waals surface area contributed by atoms with Crippen molar-refractivity contribution in [1.29, 1.82) is 0 Å². The zero-order valence-electron chi connectivity index (χ0n) is 13.2. The molecule has 0 aliphatic heterocycles. The van der Waals surface area contributed by atoms with E-state index in [0.29, 0.717) is 22.8 Å². The minimum Gasteiger partial charge on any atom is -0.508 e. The van der Waals surface area contributed by atoms with E-state index in [1.165, 1.54) is 39.5 Å². The highest BCUT2D eigenvalue weighted by molar-refractivity contribution is 6.07. The van der Waals surface area contributed by atoms with Gasteiger partial charge in [0, 0.05) is 5.56 Å². The fourth-order valence-electron chi connectivity index (χ4n) is 2.12. The Labute approximate surface area is 134 Å². The minimum atomic E-state index is -0.213. The number of rotatable bonds is 6. The molecule has 2 aromatic rings. The first kappa shape index (κ1) is 16.4. The second-order valence-electron chi connectivity index (χ2n) is 4.71. The van der Waals surface area contributed by atoms with Crippen molar-refractivity contribution < 1.29 is 24.1 Å². The van der Waals surface area contributed by atoms with Crippen LogP contribution in [0.1, 0.15) is 15.9 Å². The number of carbonyl (C=O) groups is 1. The fraction of sp³-hybridized carbons (Fsp3) is 0.167. The molecular formula is C18H18O5. The SMILES string of the molecule is COc1cc(/C=C/C(=O)c2cccc(O)c2)cc(OC)c1OC. The van der Waals surface area contributed by atoms with E-state index in [1.807, 2.05) is 0 Å². The average molecular weight is 314 g/mol. The summed E-state index contributed by atoms with van der Waals surface area (Å²) in [7, 11) is 4.59. The Morgan fingerprint density at radius 1 is 1.00 bits per heavy atom. The van der Waals surface area contributed by atoms with Crippen LogP contribution >= 0.6 is 0 Å². The predicted molar refractivity (Wildman–Crippen MR) is 87.6 cm³/mol. The topological polar surface area (TPSA) is 65.0 Å². The van der Waals surface area contributed by atoms with E-state index in [4.69, 9.17) is 14.2 Å². The number of aromatic hydroxyl groups is 1. The molecule has 0 spiro atoms. The van der Waals surface area contributed by atoms with Gasteiger partial charge in [-0.1, -0.05) is 18.2 Å². The molecule has 0 unspecified atom stereocenters. The second kappa shape index (κ2) is 7.35. The molecule has 120 valence electrons. The molecule has 0 saturated carbocycles. The molecule has 0 fully saturated rings. The number of ether oxygens (including phenoxy) is 3. The molecule has 0 heterocycles. The van der Waals surface area contributed by atoms with Crippen LogP contribution in [0.15, 0.2) is 42.5 Å². The van der Waals surface area contributed by atoms with Gasteiger partial charge in [0.15, 0.2) is 17.3 Å². The van der Waals surface area contributed by atoms with Crippen LogP contribution in [0.5, 0.6) is 23.0 Å². The highest BCUT2D eigenvalue weighted by atomic mass is 16.5. The van der Waals surface area contributed by atoms with Crippen molar-refractivity contribution in [1.82, 2.24) is 0 Å². The van der Waals surface area contributed by atoms with E-state index in [2.05, 4.69) is 0 Å². The first-order chi connectivity index (χ1) is 11.1. The summed E-state index contributed by atoms with van der Waals surface area (Å²) >= 11 is 0. The lowest BCUT2D eigenvalue weighted by Gasteiger charge is -2.12. The number of benzene rings is 2. The Kier molecular flexibility index (Phi) is 5.25. The first-order valence-electron chi connectivity index (χ1n) is 6.90. The number of phenolic OH excluding ortho intramolecular Hbond substituents is 1. The number of methoxy groups -OCH3 is 3. The van der Waals surface area contributed by atoms with E-state index < -0.39 is 0 Å². The molecule has 0 aromatic heterocycles. The van der Waals surface area contributed by atoms with Crippen LogP contribution < -0.4 is 14.2 Å². The third-order valence-electron chi connectivity index (χ3n) is 3.24. The van der Waals surface area contributed by atoms with E-state index >= 15 is 0 Å². The van der Waals surface area contributed by atoms with Crippen LogP contribution in [-0.2, 0) is 0 Å². The van der Waals surface area contributed by atoms with E-state index in [1.54, 1.807) is 30.3 Å². The quantitative estimate of drug-likeness (QED) is 0.654. The average Bonchev–Trinajstić information content (AvgIpc) is 2.58. The van der Waals surface area contributed by atoms with Crippen molar-refractivity contribution in [3.05, 3.63) is 53.6 Å². The third kappa shape index (κ3) is 3.83. The Hall–Kier alpha value is -2.95. The lowest BCUT2D eigenvalue weighted by Crippen LogP contribution is -1.96. The number of allylic oxidation sites excluding steroid dienone is 1. The van der Waals surface area contributed by atoms with Gasteiger partial charge in [0.2, 0.25) is 5.75 Å². The molecule has 0 atom stereocenters. The molecule has 2 rings (SSSR count). The van der Waals surface area contributed by atoms with Gasteiger partial charge in [0.25, 0.3) is 0 Å². The monoisotopic (exact) mass is 314 g/mol. The summed E-state index contributed by atoms with van der Waals surface area (Å²) in [6.07, 6.45) is 3.08. The largest absolute Gasteiger partial charge is 0.508 e. The Morgan fingerprint density at radius 2 is 1.65 bits per heavy atom. The highest BCUT2D eigenvalue weighted by Crippen LogP contribution is 2.38. The summed E-state index contributed by atoms with van der Waals surface area (Å²) in [5, 5.41) is 9.42. The highest BCUT2D eigenvalue weighted by Gasteiger charge is 2.12. The molecule has 2 aromatic carbocycles. The summed E-state index contributed by atoms with van der Waals surface area (Å²) < 4.78 is 15.8. The van der Waals surface area contributed by atoms with Gasteiger partial charge in [-0.05, 0) is 35.9 Å². The van der Waals surface area contributed by atoms with E-state index in [0.717, 1.165) is 5.56 Å². The van der Waals surface area contributed by atoms with Crippen LogP contribution in [0.25, 0.3) is 6.08 Å². The fourth-order valence-corrected chi connectivity index (χ4v) is 2.12. The number of hydrogen-bond acceptors (Lipinski definition) is 5. The lowest BCUT2D eigenvalue weighted by atomic mass is 10.1. The zero-order valence-corrected chi connectivity index (χ0v) is 13.2. The number of carbonyl (C=O) groups excluding carboxylic acids is 1. The molecule has 0 aliphatic carbocycles. The van der Waals surface area contributed by atoms with Crippen LogP contribution in [0.4, 0.5) is 0 Å². The molecular weight excluding hydrogens is 296 g/mol. The van der Waals surface area contributed by atoms with Crippen molar-refractivity contribution in [2.24, 2.45) is 0 Å². The molecule has 5 heteroatoms. The van der Waals surface area contributed by atoms with Crippen molar-refractivity contribution in [3.63, 3.8) is 0 Å². The van der Waals surface area contributed by atoms with E-state index in [-0.39, 0.29) is 11.5 Å². The van der Waals surface area contributed by atoms with E-state index in [9.17, 15) is 9.90 Å². The molecule has 5 nitrogen and oxygen atoms in total. The van der Waals surface area contributed by atoms with Crippen molar-refractivity contribution >= 4 is 11.9 Å². The Morgan fingerprint density at radius 3 is 2.17 bits per heavy atom. The predicted octanol–water partition coefficient (Wildman–Crippen LogP) is 3.31. The van der Waals surface area contributed by atoms with Gasteiger partial charge >= 0.3 is 0 Å². The van der Waals surface area contributed by atoms with Crippen molar-refractivity contribution in [3.8, 4) is 23.0 Å². The molecule has 0 saturated heterocycles. The number of phenols is 1. The maximum Gasteiger partial charge on any atom is 0.203 e. The van der Waals surface area contributed by atoms with Gasteiger partial charge in [-0.3, -0.25) is 4.79 Å². The van der Waals surface area contributed by atoms with Crippen LogP contribution in [0, 0.1) is 0 Å². The molecule has 0 amide bonds. The normalized spacial score (nSPS) is 10.6. The molecule has 1 N–H and O–H groups in total. The third-order valence-corrected chi connectivity index (χ3v) is 3.24. The Bertz CT molecular complexity index is 709. The molecule has 23 heavy (non-hydrogen) atoms.